The Morgan fingerprint density at radius 1 is 1.17 bits per heavy atom. The molecule has 1 atom stereocenters. The molecular formula is C15H20N2S. The molecule has 2 aromatic rings. The van der Waals surface area contributed by atoms with Crippen molar-refractivity contribution in [2.45, 2.75) is 26.4 Å². The normalized spacial score (nSPS) is 12.6. The Kier molecular flexibility index (Phi) is 4.53. The van der Waals surface area contributed by atoms with Crippen molar-refractivity contribution in [3.05, 3.63) is 57.3 Å². The number of hydrogen-bond donors (Lipinski definition) is 2. The predicted octanol–water partition coefficient (Wildman–Crippen LogP) is 3.15. The molecule has 0 fully saturated rings. The molecular weight excluding hydrogens is 240 g/mol. The molecule has 0 aliphatic carbocycles. The first-order valence-corrected chi connectivity index (χ1v) is 7.15. The predicted molar refractivity (Wildman–Crippen MR) is 78.9 cm³/mol. The van der Waals surface area contributed by atoms with Crippen LogP contribution >= 0.6 is 11.3 Å². The Balaban J connectivity index is 1.83. The lowest BCUT2D eigenvalue weighted by Crippen LogP contribution is -2.26. The van der Waals surface area contributed by atoms with Crippen molar-refractivity contribution >= 4 is 11.3 Å². The summed E-state index contributed by atoms with van der Waals surface area (Å²) in [5.41, 5.74) is 11.4. The van der Waals surface area contributed by atoms with E-state index < -0.39 is 0 Å². The smallest absolute Gasteiger partial charge is 0.0421 e. The van der Waals surface area contributed by atoms with Gasteiger partial charge in [-0.3, -0.25) is 0 Å². The fourth-order valence-electron chi connectivity index (χ4n) is 1.86. The fraction of sp³-hybridized carbons (Fsp3) is 0.333. The van der Waals surface area contributed by atoms with E-state index in [1.807, 2.05) is 0 Å². The van der Waals surface area contributed by atoms with Gasteiger partial charge in [-0.2, -0.15) is 11.3 Å². The lowest BCUT2D eigenvalue weighted by Gasteiger charge is -2.13. The number of thiophene rings is 1. The molecule has 0 saturated heterocycles. The van der Waals surface area contributed by atoms with Crippen molar-refractivity contribution in [2.24, 2.45) is 5.73 Å². The highest BCUT2D eigenvalue weighted by atomic mass is 32.1. The van der Waals surface area contributed by atoms with Crippen molar-refractivity contribution in [1.29, 1.82) is 0 Å². The number of aryl methyl sites for hydroxylation is 2. The van der Waals surface area contributed by atoms with Crippen molar-refractivity contribution in [3.63, 3.8) is 0 Å². The zero-order valence-electron chi connectivity index (χ0n) is 10.9. The molecule has 1 aromatic carbocycles. The maximum Gasteiger partial charge on any atom is 0.0421 e. The van der Waals surface area contributed by atoms with E-state index in [1.165, 1.54) is 22.3 Å². The van der Waals surface area contributed by atoms with Crippen LogP contribution in [-0.2, 0) is 6.54 Å². The largest absolute Gasteiger partial charge is 0.323 e. The number of benzene rings is 1. The molecule has 2 nitrogen and oxygen atoms in total. The minimum absolute atomic E-state index is 0.0598. The summed E-state index contributed by atoms with van der Waals surface area (Å²) < 4.78 is 0. The van der Waals surface area contributed by atoms with Gasteiger partial charge in [-0.15, -0.1) is 0 Å². The maximum absolute atomic E-state index is 6.16. The third kappa shape index (κ3) is 3.42. The Morgan fingerprint density at radius 2 is 1.89 bits per heavy atom. The molecule has 0 amide bonds. The van der Waals surface area contributed by atoms with E-state index in [1.54, 1.807) is 11.3 Å². The SMILES string of the molecule is Cc1ccc(C(N)CNCc2cscc2C)cc1. The van der Waals surface area contributed by atoms with Gasteiger partial charge < -0.3 is 11.1 Å². The summed E-state index contributed by atoms with van der Waals surface area (Å²) >= 11 is 1.75. The zero-order valence-corrected chi connectivity index (χ0v) is 11.8. The van der Waals surface area contributed by atoms with Crippen LogP contribution in [0.15, 0.2) is 35.0 Å². The van der Waals surface area contributed by atoms with Crippen molar-refractivity contribution < 1.29 is 0 Å². The lowest BCUT2D eigenvalue weighted by atomic mass is 10.1. The van der Waals surface area contributed by atoms with Gasteiger partial charge in [0.05, 0.1) is 0 Å². The number of nitrogens with two attached hydrogens (primary N) is 1. The van der Waals surface area contributed by atoms with Gasteiger partial charge in [0, 0.05) is 19.1 Å². The van der Waals surface area contributed by atoms with Crippen LogP contribution in [0.25, 0.3) is 0 Å². The highest BCUT2D eigenvalue weighted by Gasteiger charge is 2.05. The van der Waals surface area contributed by atoms with E-state index in [4.69, 9.17) is 5.73 Å². The Morgan fingerprint density at radius 3 is 2.50 bits per heavy atom. The van der Waals surface area contributed by atoms with Crippen LogP contribution < -0.4 is 11.1 Å². The van der Waals surface area contributed by atoms with Gasteiger partial charge in [-0.1, -0.05) is 29.8 Å². The van der Waals surface area contributed by atoms with E-state index in [0.717, 1.165) is 13.1 Å². The first-order chi connectivity index (χ1) is 8.66. The standard InChI is InChI=1S/C15H20N2S/c1-11-3-5-13(6-4-11)15(16)8-17-7-14-10-18-9-12(14)2/h3-6,9-10,15,17H,7-8,16H2,1-2H3. The van der Waals surface area contributed by atoms with Gasteiger partial charge >= 0.3 is 0 Å². The first-order valence-electron chi connectivity index (χ1n) is 6.21. The minimum Gasteiger partial charge on any atom is -0.323 e. The molecule has 0 saturated carbocycles. The third-order valence-electron chi connectivity index (χ3n) is 3.15. The maximum atomic E-state index is 6.16. The summed E-state index contributed by atoms with van der Waals surface area (Å²) in [5.74, 6) is 0. The minimum atomic E-state index is 0.0598. The summed E-state index contributed by atoms with van der Waals surface area (Å²) in [6.45, 7) is 5.94. The second-order valence-electron chi connectivity index (χ2n) is 4.73. The van der Waals surface area contributed by atoms with E-state index in [2.05, 4.69) is 54.2 Å². The monoisotopic (exact) mass is 260 g/mol. The van der Waals surface area contributed by atoms with Gasteiger partial charge in [-0.05, 0) is 41.3 Å². The number of rotatable bonds is 5. The molecule has 0 bridgehead atoms. The van der Waals surface area contributed by atoms with Gasteiger partial charge in [0.1, 0.15) is 0 Å². The molecule has 0 aliphatic rings. The van der Waals surface area contributed by atoms with Crippen LogP contribution in [0.5, 0.6) is 0 Å². The molecule has 0 aliphatic heterocycles. The van der Waals surface area contributed by atoms with Crippen LogP contribution in [0.3, 0.4) is 0 Å². The number of nitrogens with one attached hydrogen (secondary N) is 1. The fourth-order valence-corrected chi connectivity index (χ4v) is 2.72. The summed E-state index contributed by atoms with van der Waals surface area (Å²) in [6, 6.07) is 8.50. The van der Waals surface area contributed by atoms with Crippen molar-refractivity contribution in [2.75, 3.05) is 6.54 Å². The van der Waals surface area contributed by atoms with Gasteiger partial charge in [0.25, 0.3) is 0 Å². The van der Waals surface area contributed by atoms with Crippen LogP contribution in [0.1, 0.15) is 28.3 Å². The van der Waals surface area contributed by atoms with E-state index in [-0.39, 0.29) is 6.04 Å². The van der Waals surface area contributed by atoms with Gasteiger partial charge in [-0.25, -0.2) is 0 Å². The van der Waals surface area contributed by atoms with Crippen molar-refractivity contribution in [1.82, 2.24) is 5.32 Å². The second kappa shape index (κ2) is 6.14. The van der Waals surface area contributed by atoms with E-state index in [9.17, 15) is 0 Å². The quantitative estimate of drug-likeness (QED) is 0.866. The molecule has 96 valence electrons. The van der Waals surface area contributed by atoms with Crippen LogP contribution in [-0.4, -0.2) is 6.54 Å². The summed E-state index contributed by atoms with van der Waals surface area (Å²) in [4.78, 5) is 0. The second-order valence-corrected chi connectivity index (χ2v) is 5.47. The zero-order chi connectivity index (χ0) is 13.0. The Labute approximate surface area is 113 Å². The third-order valence-corrected chi connectivity index (χ3v) is 4.06. The molecule has 0 radical (unpaired) electrons. The van der Waals surface area contributed by atoms with Gasteiger partial charge in [0.2, 0.25) is 0 Å². The Hall–Kier alpha value is -1.16. The molecule has 0 spiro atoms. The molecule has 18 heavy (non-hydrogen) atoms. The molecule has 2 rings (SSSR count). The highest BCUT2D eigenvalue weighted by molar-refractivity contribution is 7.08. The van der Waals surface area contributed by atoms with E-state index >= 15 is 0 Å². The van der Waals surface area contributed by atoms with Crippen LogP contribution in [0.2, 0.25) is 0 Å². The Bertz CT molecular complexity index is 487. The summed E-state index contributed by atoms with van der Waals surface area (Å²) in [6.07, 6.45) is 0. The molecule has 1 aromatic heterocycles. The summed E-state index contributed by atoms with van der Waals surface area (Å²) in [7, 11) is 0. The van der Waals surface area contributed by atoms with Crippen LogP contribution in [0, 0.1) is 13.8 Å². The highest BCUT2D eigenvalue weighted by Crippen LogP contribution is 2.14. The molecule has 1 heterocycles. The molecule has 1 unspecified atom stereocenters. The average Bonchev–Trinajstić information content (AvgIpc) is 2.76. The first kappa shape index (κ1) is 13.3. The number of hydrogen-bond acceptors (Lipinski definition) is 3. The topological polar surface area (TPSA) is 38.0 Å². The van der Waals surface area contributed by atoms with Crippen LogP contribution in [0.4, 0.5) is 0 Å². The van der Waals surface area contributed by atoms with E-state index in [0.29, 0.717) is 0 Å². The average molecular weight is 260 g/mol. The molecule has 3 N–H and O–H groups in total. The lowest BCUT2D eigenvalue weighted by molar-refractivity contribution is 0.598. The van der Waals surface area contributed by atoms with Gasteiger partial charge in [0.15, 0.2) is 0 Å². The van der Waals surface area contributed by atoms with Crippen molar-refractivity contribution in [3.8, 4) is 0 Å². The molecule has 3 heteroatoms. The summed E-state index contributed by atoms with van der Waals surface area (Å²) in [5, 5.41) is 7.79.